The van der Waals surface area contributed by atoms with Crippen molar-refractivity contribution >= 4 is 12.0 Å². The van der Waals surface area contributed by atoms with E-state index in [2.05, 4.69) is 12.2 Å². The van der Waals surface area contributed by atoms with Crippen molar-refractivity contribution in [3.05, 3.63) is 0 Å². The number of carbonyl (C=O) groups is 2. The number of nitrogens with zero attached hydrogens (tertiary/aromatic N) is 1. The van der Waals surface area contributed by atoms with Crippen LogP contribution in [0.15, 0.2) is 0 Å². The maximum atomic E-state index is 12.0. The number of carbonyl (C=O) groups excluding carboxylic acids is 1. The summed E-state index contributed by atoms with van der Waals surface area (Å²) in [5, 5.41) is 11.5. The van der Waals surface area contributed by atoms with E-state index in [0.717, 1.165) is 19.5 Å². The monoisotopic (exact) mass is 270 g/mol. The zero-order valence-electron chi connectivity index (χ0n) is 12.0. The van der Waals surface area contributed by atoms with Gasteiger partial charge in [-0.2, -0.15) is 0 Å². The highest BCUT2D eigenvalue weighted by Gasteiger charge is 2.26. The molecule has 0 aromatic rings. The molecule has 1 atom stereocenters. The van der Waals surface area contributed by atoms with Gasteiger partial charge in [0.15, 0.2) is 0 Å². The third kappa shape index (κ3) is 7.03. The van der Waals surface area contributed by atoms with Gasteiger partial charge in [-0.25, -0.2) is 4.79 Å². The van der Waals surface area contributed by atoms with Gasteiger partial charge >= 0.3 is 12.0 Å². The molecule has 2 amide bonds. The second-order valence-electron chi connectivity index (χ2n) is 5.61. The second-order valence-corrected chi connectivity index (χ2v) is 5.61. The number of carboxylic acid groups (broad SMARTS) is 1. The van der Waals surface area contributed by atoms with Crippen molar-refractivity contribution in [2.45, 2.75) is 46.0 Å². The van der Waals surface area contributed by atoms with Crippen LogP contribution in [0.1, 0.15) is 46.0 Å². The van der Waals surface area contributed by atoms with Gasteiger partial charge in [0.05, 0.1) is 0 Å². The molecule has 0 spiro atoms. The minimum absolute atomic E-state index is 0.00377. The summed E-state index contributed by atoms with van der Waals surface area (Å²) in [6.07, 6.45) is 4.21. The number of carboxylic acids is 1. The molecular formula is C14H26N2O3. The van der Waals surface area contributed by atoms with Crippen molar-refractivity contribution in [2.75, 3.05) is 19.6 Å². The Morgan fingerprint density at radius 2 is 2.11 bits per heavy atom. The SMILES string of the molecule is CCCN(CC1CC1)C(=O)NCC(C)CCC(=O)O. The van der Waals surface area contributed by atoms with E-state index in [1.807, 2.05) is 11.8 Å². The highest BCUT2D eigenvalue weighted by molar-refractivity contribution is 5.74. The first-order valence-electron chi connectivity index (χ1n) is 7.27. The molecule has 0 bridgehead atoms. The molecule has 1 unspecified atom stereocenters. The molecule has 1 aliphatic rings. The first-order valence-corrected chi connectivity index (χ1v) is 7.27. The minimum atomic E-state index is -0.778. The second kappa shape index (κ2) is 8.02. The summed E-state index contributed by atoms with van der Waals surface area (Å²) in [5.41, 5.74) is 0. The Morgan fingerprint density at radius 1 is 1.42 bits per heavy atom. The maximum absolute atomic E-state index is 12.0. The van der Waals surface area contributed by atoms with Crippen LogP contribution in [0.2, 0.25) is 0 Å². The first-order chi connectivity index (χ1) is 9.02. The molecule has 0 heterocycles. The molecule has 5 nitrogen and oxygen atoms in total. The van der Waals surface area contributed by atoms with Crippen LogP contribution in [0, 0.1) is 11.8 Å². The number of nitrogens with one attached hydrogen (secondary N) is 1. The van der Waals surface area contributed by atoms with E-state index in [-0.39, 0.29) is 18.4 Å². The molecule has 1 rings (SSSR count). The summed E-state index contributed by atoms with van der Waals surface area (Å²) in [5.74, 6) is 0.116. The Hall–Kier alpha value is -1.26. The number of hydrogen-bond donors (Lipinski definition) is 2. The van der Waals surface area contributed by atoms with E-state index < -0.39 is 5.97 Å². The molecule has 1 fully saturated rings. The van der Waals surface area contributed by atoms with Crippen LogP contribution < -0.4 is 5.32 Å². The number of urea groups is 1. The molecule has 0 aromatic carbocycles. The van der Waals surface area contributed by atoms with Gasteiger partial charge in [-0.05, 0) is 37.5 Å². The van der Waals surface area contributed by atoms with Crippen molar-refractivity contribution in [3.63, 3.8) is 0 Å². The molecule has 1 saturated carbocycles. The van der Waals surface area contributed by atoms with Crippen molar-refractivity contribution in [2.24, 2.45) is 11.8 Å². The number of hydrogen-bond acceptors (Lipinski definition) is 2. The smallest absolute Gasteiger partial charge is 0.317 e. The molecule has 0 saturated heterocycles. The van der Waals surface area contributed by atoms with Crippen LogP contribution in [0.25, 0.3) is 0 Å². The van der Waals surface area contributed by atoms with Gasteiger partial charge in [0.25, 0.3) is 0 Å². The highest BCUT2D eigenvalue weighted by Crippen LogP contribution is 2.29. The number of amides is 2. The third-order valence-electron chi connectivity index (χ3n) is 3.41. The molecule has 19 heavy (non-hydrogen) atoms. The van der Waals surface area contributed by atoms with E-state index in [1.54, 1.807) is 0 Å². The van der Waals surface area contributed by atoms with Crippen LogP contribution in [-0.2, 0) is 4.79 Å². The lowest BCUT2D eigenvalue weighted by Crippen LogP contribution is -2.43. The van der Waals surface area contributed by atoms with Crippen LogP contribution in [-0.4, -0.2) is 41.6 Å². The predicted molar refractivity (Wildman–Crippen MR) is 74.0 cm³/mol. The summed E-state index contributed by atoms with van der Waals surface area (Å²) >= 11 is 0. The number of rotatable bonds is 9. The van der Waals surface area contributed by atoms with Crippen LogP contribution in [0.4, 0.5) is 4.79 Å². The van der Waals surface area contributed by atoms with E-state index in [1.165, 1.54) is 12.8 Å². The Balaban J connectivity index is 2.24. The Labute approximate surface area is 115 Å². The molecule has 1 aliphatic carbocycles. The molecule has 110 valence electrons. The van der Waals surface area contributed by atoms with Crippen molar-refractivity contribution in [1.82, 2.24) is 10.2 Å². The lowest BCUT2D eigenvalue weighted by molar-refractivity contribution is -0.137. The summed E-state index contributed by atoms with van der Waals surface area (Å²) in [6, 6.07) is -0.00377. The molecule has 0 aromatic heterocycles. The van der Waals surface area contributed by atoms with Gasteiger partial charge in [0.1, 0.15) is 0 Å². The van der Waals surface area contributed by atoms with Crippen molar-refractivity contribution in [3.8, 4) is 0 Å². The minimum Gasteiger partial charge on any atom is -0.481 e. The standard InChI is InChI=1S/C14H26N2O3/c1-3-8-16(10-12-5-6-12)14(19)15-9-11(2)4-7-13(17)18/h11-12H,3-10H2,1-2H3,(H,15,19)(H,17,18). The Morgan fingerprint density at radius 3 is 2.63 bits per heavy atom. The average molecular weight is 270 g/mol. The Kier molecular flexibility index (Phi) is 6.67. The number of aliphatic carboxylic acids is 1. The molecule has 2 N–H and O–H groups in total. The fourth-order valence-electron chi connectivity index (χ4n) is 2.00. The van der Waals surface area contributed by atoms with Crippen molar-refractivity contribution in [1.29, 1.82) is 0 Å². The fourth-order valence-corrected chi connectivity index (χ4v) is 2.00. The van der Waals surface area contributed by atoms with Crippen LogP contribution >= 0.6 is 0 Å². The normalized spacial score (nSPS) is 15.9. The van der Waals surface area contributed by atoms with Gasteiger partial charge in [0.2, 0.25) is 0 Å². The van der Waals surface area contributed by atoms with Crippen LogP contribution in [0.3, 0.4) is 0 Å². The van der Waals surface area contributed by atoms with E-state index in [4.69, 9.17) is 5.11 Å². The fraction of sp³-hybridized carbons (Fsp3) is 0.857. The zero-order valence-corrected chi connectivity index (χ0v) is 12.0. The third-order valence-corrected chi connectivity index (χ3v) is 3.41. The summed E-state index contributed by atoms with van der Waals surface area (Å²) in [4.78, 5) is 24.4. The van der Waals surface area contributed by atoms with Crippen LogP contribution in [0.5, 0.6) is 0 Å². The largest absolute Gasteiger partial charge is 0.481 e. The molecule has 0 radical (unpaired) electrons. The zero-order chi connectivity index (χ0) is 14.3. The van der Waals surface area contributed by atoms with Crippen molar-refractivity contribution < 1.29 is 14.7 Å². The quantitative estimate of drug-likeness (QED) is 0.675. The summed E-state index contributed by atoms with van der Waals surface area (Å²) in [6.45, 7) is 6.25. The van der Waals surface area contributed by atoms with Gasteiger partial charge in [-0.3, -0.25) is 4.79 Å². The first kappa shape index (κ1) is 15.8. The predicted octanol–water partition coefficient (Wildman–Crippen LogP) is 2.32. The van der Waals surface area contributed by atoms with Gasteiger partial charge < -0.3 is 15.3 Å². The van der Waals surface area contributed by atoms with E-state index >= 15 is 0 Å². The van der Waals surface area contributed by atoms with Gasteiger partial charge in [-0.1, -0.05) is 13.8 Å². The topological polar surface area (TPSA) is 69.6 Å². The van der Waals surface area contributed by atoms with E-state index in [9.17, 15) is 9.59 Å². The molecular weight excluding hydrogens is 244 g/mol. The molecule has 5 heteroatoms. The summed E-state index contributed by atoms with van der Waals surface area (Å²) < 4.78 is 0. The van der Waals surface area contributed by atoms with E-state index in [0.29, 0.717) is 18.9 Å². The van der Waals surface area contributed by atoms with Gasteiger partial charge in [-0.15, -0.1) is 0 Å². The lowest BCUT2D eigenvalue weighted by atomic mass is 10.1. The molecule has 0 aliphatic heterocycles. The Bertz CT molecular complexity index is 303. The average Bonchev–Trinajstić information content (AvgIpc) is 3.16. The maximum Gasteiger partial charge on any atom is 0.317 e. The summed E-state index contributed by atoms with van der Waals surface area (Å²) in [7, 11) is 0. The highest BCUT2D eigenvalue weighted by atomic mass is 16.4. The lowest BCUT2D eigenvalue weighted by Gasteiger charge is -2.23. The van der Waals surface area contributed by atoms with Gasteiger partial charge in [0, 0.05) is 26.1 Å².